The van der Waals surface area contributed by atoms with Gasteiger partial charge in [0.25, 0.3) is 0 Å². The Bertz CT molecular complexity index is 945. The zero-order chi connectivity index (χ0) is 20.6. The Hall–Kier alpha value is -2.50. The first-order valence-corrected chi connectivity index (χ1v) is 9.45. The molecule has 0 saturated carbocycles. The summed E-state index contributed by atoms with van der Waals surface area (Å²) in [5.41, 5.74) is 0.614. The van der Waals surface area contributed by atoms with Crippen molar-refractivity contribution in [3.8, 4) is 0 Å². The second-order valence-corrected chi connectivity index (χ2v) is 6.50. The van der Waals surface area contributed by atoms with Crippen LogP contribution in [0.15, 0.2) is 52.3 Å². The fraction of sp³-hybridized carbons (Fsp3) is 0.350. The second kappa shape index (κ2) is 11.6. The molecule has 0 aliphatic heterocycles. The number of nitrogens with zero attached hydrogens (tertiary/aromatic N) is 4. The van der Waals surface area contributed by atoms with E-state index in [0.717, 1.165) is 24.1 Å². The zero-order valence-corrected chi connectivity index (χ0v) is 19.1. The minimum atomic E-state index is -0.877. The molecular formula is C20H25F2IN6O. The number of rotatable bonds is 8. The van der Waals surface area contributed by atoms with Gasteiger partial charge >= 0.3 is 0 Å². The third-order valence-corrected chi connectivity index (χ3v) is 4.43. The van der Waals surface area contributed by atoms with E-state index in [1.54, 1.807) is 24.7 Å². The van der Waals surface area contributed by atoms with E-state index in [4.69, 9.17) is 4.42 Å². The van der Waals surface area contributed by atoms with Crippen LogP contribution in [0.5, 0.6) is 0 Å². The largest absolute Gasteiger partial charge is 0.467 e. The van der Waals surface area contributed by atoms with Crippen LogP contribution in [0.2, 0.25) is 0 Å². The molecule has 1 atom stereocenters. The lowest BCUT2D eigenvalue weighted by Gasteiger charge is -2.19. The number of aliphatic imine (C=N–C) groups is 1. The average Bonchev–Trinajstić information content (AvgIpc) is 3.39. The Labute approximate surface area is 191 Å². The maximum atomic E-state index is 13.6. The van der Waals surface area contributed by atoms with E-state index in [1.165, 1.54) is 6.07 Å². The normalized spacial score (nSPS) is 12.3. The number of benzene rings is 1. The van der Waals surface area contributed by atoms with Crippen LogP contribution in [0.1, 0.15) is 37.0 Å². The van der Waals surface area contributed by atoms with Crippen LogP contribution in [0.4, 0.5) is 8.78 Å². The first-order valence-electron chi connectivity index (χ1n) is 9.45. The highest BCUT2D eigenvalue weighted by atomic mass is 127. The summed E-state index contributed by atoms with van der Waals surface area (Å²) in [4.78, 5) is 4.53. The molecular weight excluding hydrogens is 505 g/mol. The summed E-state index contributed by atoms with van der Waals surface area (Å²) >= 11 is 0. The molecule has 0 amide bonds. The fourth-order valence-electron chi connectivity index (χ4n) is 2.82. The summed E-state index contributed by atoms with van der Waals surface area (Å²) in [5.74, 6) is 0.414. The molecule has 0 saturated heterocycles. The predicted octanol–water partition coefficient (Wildman–Crippen LogP) is 3.83. The van der Waals surface area contributed by atoms with Crippen LogP contribution >= 0.6 is 24.0 Å². The summed E-state index contributed by atoms with van der Waals surface area (Å²) in [6.07, 6.45) is 4.08. The van der Waals surface area contributed by atoms with Gasteiger partial charge in [0.15, 0.2) is 17.6 Å². The van der Waals surface area contributed by atoms with Gasteiger partial charge in [0.1, 0.15) is 24.5 Å². The number of hydrogen-bond donors (Lipinski definition) is 2. The molecule has 3 rings (SSSR count). The molecule has 7 nitrogen and oxygen atoms in total. The lowest BCUT2D eigenvalue weighted by molar-refractivity contribution is 0.504. The third-order valence-electron chi connectivity index (χ3n) is 4.43. The van der Waals surface area contributed by atoms with Crippen LogP contribution in [0.25, 0.3) is 0 Å². The quantitative estimate of drug-likeness (QED) is 0.263. The summed E-state index contributed by atoms with van der Waals surface area (Å²) in [7, 11) is 0. The van der Waals surface area contributed by atoms with Crippen molar-refractivity contribution in [2.24, 2.45) is 4.99 Å². The van der Waals surface area contributed by atoms with Crippen molar-refractivity contribution in [3.63, 3.8) is 0 Å². The van der Waals surface area contributed by atoms with Crippen LogP contribution < -0.4 is 10.6 Å². The smallest absolute Gasteiger partial charge is 0.192 e. The van der Waals surface area contributed by atoms with Gasteiger partial charge in [-0.2, -0.15) is 0 Å². The monoisotopic (exact) mass is 530 g/mol. The maximum Gasteiger partial charge on any atom is 0.192 e. The van der Waals surface area contributed by atoms with Gasteiger partial charge in [0.2, 0.25) is 0 Å². The van der Waals surface area contributed by atoms with Crippen molar-refractivity contribution >= 4 is 29.9 Å². The van der Waals surface area contributed by atoms with Crippen LogP contribution in [0.3, 0.4) is 0 Å². The van der Waals surface area contributed by atoms with E-state index in [9.17, 15) is 8.78 Å². The Morgan fingerprint density at radius 2 is 2.10 bits per heavy atom. The molecule has 0 bridgehead atoms. The SMILES string of the molecule is CCc1nncn1CCNC(=NCc1ccco1)NC(C)c1ccc(F)c(F)c1.I. The highest BCUT2D eigenvalue weighted by Gasteiger charge is 2.12. The van der Waals surface area contributed by atoms with Crippen molar-refractivity contribution in [1.82, 2.24) is 25.4 Å². The number of furan rings is 1. The van der Waals surface area contributed by atoms with Crippen molar-refractivity contribution in [2.75, 3.05) is 6.54 Å². The number of nitrogens with one attached hydrogen (secondary N) is 2. The van der Waals surface area contributed by atoms with Crippen molar-refractivity contribution < 1.29 is 13.2 Å². The number of aryl methyl sites for hydroxylation is 1. The second-order valence-electron chi connectivity index (χ2n) is 6.50. The van der Waals surface area contributed by atoms with Gasteiger partial charge in [0.05, 0.1) is 12.3 Å². The van der Waals surface area contributed by atoms with E-state index in [-0.39, 0.29) is 30.0 Å². The van der Waals surface area contributed by atoms with Gasteiger partial charge < -0.3 is 19.6 Å². The molecule has 0 aliphatic carbocycles. The van der Waals surface area contributed by atoms with Gasteiger partial charge in [-0.25, -0.2) is 13.8 Å². The van der Waals surface area contributed by atoms with E-state index < -0.39 is 11.6 Å². The minimum Gasteiger partial charge on any atom is -0.467 e. The third kappa shape index (κ3) is 6.51. The molecule has 2 heterocycles. The minimum absolute atomic E-state index is 0. The summed E-state index contributed by atoms with van der Waals surface area (Å²) in [6, 6.07) is 7.20. The fourth-order valence-corrected chi connectivity index (χ4v) is 2.82. The first-order chi connectivity index (χ1) is 14.1. The van der Waals surface area contributed by atoms with Gasteiger partial charge in [-0.05, 0) is 36.8 Å². The molecule has 0 aliphatic rings. The van der Waals surface area contributed by atoms with Crippen LogP contribution in [-0.2, 0) is 19.5 Å². The van der Waals surface area contributed by atoms with Crippen molar-refractivity contribution in [2.45, 2.75) is 39.4 Å². The molecule has 0 radical (unpaired) electrons. The van der Waals surface area contributed by atoms with Crippen LogP contribution in [-0.4, -0.2) is 27.3 Å². The Balaban J connectivity index is 0.00000320. The Kier molecular flexibility index (Phi) is 9.21. The molecule has 3 aromatic rings. The molecule has 0 fully saturated rings. The summed E-state index contributed by atoms with van der Waals surface area (Å²) in [6.45, 7) is 5.47. The molecule has 2 aromatic heterocycles. The Morgan fingerprint density at radius 3 is 2.80 bits per heavy atom. The standard InChI is InChI=1S/C20H24F2N6O.HI/c1-3-19-27-25-13-28(19)9-8-23-20(24-12-16-5-4-10-29-16)26-14(2)15-6-7-17(21)18(22)11-15;/h4-7,10-11,13-14H,3,8-9,12H2,1-2H3,(H2,23,24,26);1H. The maximum absolute atomic E-state index is 13.6. The zero-order valence-electron chi connectivity index (χ0n) is 16.8. The highest BCUT2D eigenvalue weighted by Crippen LogP contribution is 2.16. The molecule has 1 unspecified atom stereocenters. The lowest BCUT2D eigenvalue weighted by atomic mass is 10.1. The van der Waals surface area contributed by atoms with Gasteiger partial charge in [-0.1, -0.05) is 13.0 Å². The highest BCUT2D eigenvalue weighted by molar-refractivity contribution is 14.0. The van der Waals surface area contributed by atoms with Gasteiger partial charge in [-0.15, -0.1) is 34.2 Å². The van der Waals surface area contributed by atoms with E-state index in [1.807, 2.05) is 24.5 Å². The van der Waals surface area contributed by atoms with E-state index >= 15 is 0 Å². The molecule has 2 N–H and O–H groups in total. The van der Waals surface area contributed by atoms with Gasteiger partial charge in [-0.3, -0.25) is 0 Å². The topological polar surface area (TPSA) is 80.3 Å². The molecule has 10 heteroatoms. The number of hydrogen-bond acceptors (Lipinski definition) is 4. The number of aromatic nitrogens is 3. The molecule has 0 spiro atoms. The first kappa shape index (κ1) is 23.8. The molecule has 30 heavy (non-hydrogen) atoms. The summed E-state index contributed by atoms with van der Waals surface area (Å²) in [5, 5.41) is 14.5. The average molecular weight is 530 g/mol. The van der Waals surface area contributed by atoms with Crippen LogP contribution in [0, 0.1) is 11.6 Å². The van der Waals surface area contributed by atoms with E-state index in [2.05, 4.69) is 25.8 Å². The Morgan fingerprint density at radius 1 is 1.27 bits per heavy atom. The number of guanidine groups is 1. The van der Waals surface area contributed by atoms with Crippen molar-refractivity contribution in [3.05, 3.63) is 71.7 Å². The van der Waals surface area contributed by atoms with E-state index in [0.29, 0.717) is 31.2 Å². The molecule has 1 aromatic carbocycles. The number of halogens is 3. The molecule has 162 valence electrons. The predicted molar refractivity (Wildman–Crippen MR) is 121 cm³/mol. The summed E-state index contributed by atoms with van der Waals surface area (Å²) < 4.78 is 34.1. The lowest BCUT2D eigenvalue weighted by Crippen LogP contribution is -2.40. The van der Waals surface area contributed by atoms with Gasteiger partial charge in [0, 0.05) is 19.5 Å². The van der Waals surface area contributed by atoms with Crippen molar-refractivity contribution in [1.29, 1.82) is 0 Å².